The zero-order chi connectivity index (χ0) is 10.1. The van der Waals surface area contributed by atoms with Crippen LogP contribution in [0.5, 0.6) is 0 Å². The average molecular weight is 210 g/mol. The molecule has 0 aliphatic heterocycles. The van der Waals surface area contributed by atoms with Crippen molar-refractivity contribution in [1.82, 2.24) is 14.9 Å². The summed E-state index contributed by atoms with van der Waals surface area (Å²) in [5, 5.41) is 8.14. The van der Waals surface area contributed by atoms with Gasteiger partial charge in [-0.15, -0.1) is 10.2 Å². The number of aromatic nitrogens is 3. The van der Waals surface area contributed by atoms with Gasteiger partial charge in [0.2, 0.25) is 5.95 Å². The number of hydrogen-bond acceptors (Lipinski definition) is 4. The highest BCUT2D eigenvalue weighted by Crippen LogP contribution is 2.19. The molecule has 0 bridgehead atoms. The lowest BCUT2D eigenvalue weighted by atomic mass is 10.2. The summed E-state index contributed by atoms with van der Waals surface area (Å²) in [4.78, 5) is 0. The van der Waals surface area contributed by atoms with E-state index in [2.05, 4.69) is 10.2 Å². The molecular weight excluding hydrogens is 202 g/mol. The van der Waals surface area contributed by atoms with E-state index in [0.717, 1.165) is 5.56 Å². The monoisotopic (exact) mass is 209 g/mol. The molecule has 2 rings (SSSR count). The minimum atomic E-state index is 0.176. The van der Waals surface area contributed by atoms with Gasteiger partial charge >= 0.3 is 0 Å². The molecule has 0 aliphatic carbocycles. The van der Waals surface area contributed by atoms with Gasteiger partial charge in [-0.1, -0.05) is 11.6 Å². The maximum Gasteiger partial charge on any atom is 0.241 e. The third-order valence-electron chi connectivity index (χ3n) is 1.82. The first-order valence-corrected chi connectivity index (χ1v) is 4.28. The van der Waals surface area contributed by atoms with E-state index in [1.165, 1.54) is 4.68 Å². The zero-order valence-corrected chi connectivity index (χ0v) is 7.94. The Hall–Kier alpha value is -1.75. The van der Waals surface area contributed by atoms with Gasteiger partial charge in [0.1, 0.15) is 0 Å². The highest BCUT2D eigenvalue weighted by atomic mass is 35.5. The summed E-state index contributed by atoms with van der Waals surface area (Å²) in [5.74, 6) is 6.30. The summed E-state index contributed by atoms with van der Waals surface area (Å²) in [6, 6.07) is 7.10. The van der Waals surface area contributed by atoms with E-state index in [4.69, 9.17) is 23.2 Å². The maximum absolute atomic E-state index is 5.75. The molecule has 0 unspecified atom stereocenters. The second-order valence-electron chi connectivity index (χ2n) is 2.76. The number of nitrogens with two attached hydrogens (primary N) is 2. The predicted molar refractivity (Wildman–Crippen MR) is 55.0 cm³/mol. The second kappa shape index (κ2) is 3.19. The first-order valence-electron chi connectivity index (χ1n) is 3.90. The number of nitrogens with zero attached hydrogens (tertiary/aromatic N) is 3. The van der Waals surface area contributed by atoms with Gasteiger partial charge in [0.05, 0.1) is 0 Å². The Morgan fingerprint density at radius 1 is 1.14 bits per heavy atom. The van der Waals surface area contributed by atoms with Gasteiger partial charge in [-0.3, -0.25) is 0 Å². The fourth-order valence-corrected chi connectivity index (χ4v) is 1.23. The topological polar surface area (TPSA) is 82.8 Å². The van der Waals surface area contributed by atoms with Gasteiger partial charge < -0.3 is 11.6 Å². The van der Waals surface area contributed by atoms with Crippen LogP contribution in [-0.2, 0) is 0 Å². The zero-order valence-electron chi connectivity index (χ0n) is 7.18. The van der Waals surface area contributed by atoms with Gasteiger partial charge in [-0.25, -0.2) is 4.68 Å². The van der Waals surface area contributed by atoms with Gasteiger partial charge in [0.15, 0.2) is 5.82 Å². The van der Waals surface area contributed by atoms with E-state index < -0.39 is 0 Å². The first kappa shape index (κ1) is 8.83. The van der Waals surface area contributed by atoms with Crippen molar-refractivity contribution in [3.8, 4) is 11.4 Å². The van der Waals surface area contributed by atoms with Crippen molar-refractivity contribution in [2.75, 3.05) is 11.6 Å². The maximum atomic E-state index is 5.75. The van der Waals surface area contributed by atoms with Gasteiger partial charge in [-0.2, -0.15) is 0 Å². The van der Waals surface area contributed by atoms with Crippen LogP contribution in [0.4, 0.5) is 5.95 Å². The molecule has 0 fully saturated rings. The summed E-state index contributed by atoms with van der Waals surface area (Å²) < 4.78 is 1.23. The molecule has 0 aliphatic rings. The third-order valence-corrected chi connectivity index (χ3v) is 2.08. The Bertz CT molecular complexity index is 447. The van der Waals surface area contributed by atoms with Crippen molar-refractivity contribution in [1.29, 1.82) is 0 Å². The molecule has 1 aromatic carbocycles. The third kappa shape index (κ3) is 1.38. The van der Waals surface area contributed by atoms with Crippen LogP contribution in [0.3, 0.4) is 0 Å². The molecule has 1 aromatic heterocycles. The van der Waals surface area contributed by atoms with Crippen molar-refractivity contribution < 1.29 is 0 Å². The fourth-order valence-electron chi connectivity index (χ4n) is 1.10. The van der Waals surface area contributed by atoms with Crippen molar-refractivity contribution >= 4 is 17.5 Å². The number of rotatable bonds is 1. The number of halogens is 1. The SMILES string of the molecule is Nc1nnc(-c2ccc(Cl)cc2)n1N. The minimum absolute atomic E-state index is 0.176. The Balaban J connectivity index is 2.49. The predicted octanol–water partition coefficient (Wildman–Crippen LogP) is 0.895. The fraction of sp³-hybridized carbons (Fsp3) is 0. The molecular formula is C8H8ClN5. The number of nitrogen functional groups attached to an aromatic ring is 2. The quantitative estimate of drug-likeness (QED) is 0.684. The summed E-state index contributed by atoms with van der Waals surface area (Å²) in [5.41, 5.74) is 6.27. The van der Waals surface area contributed by atoms with E-state index in [1.54, 1.807) is 24.3 Å². The lowest BCUT2D eigenvalue weighted by Gasteiger charge is -2.00. The Labute approximate surface area is 85.3 Å². The molecule has 0 atom stereocenters. The molecule has 4 N–H and O–H groups in total. The lowest BCUT2D eigenvalue weighted by Crippen LogP contribution is -2.13. The van der Waals surface area contributed by atoms with E-state index in [0.29, 0.717) is 10.8 Å². The van der Waals surface area contributed by atoms with Crippen LogP contribution in [-0.4, -0.2) is 14.9 Å². The summed E-state index contributed by atoms with van der Waals surface area (Å²) in [6.07, 6.45) is 0. The number of anilines is 1. The van der Waals surface area contributed by atoms with E-state index in [1.807, 2.05) is 0 Å². The molecule has 1 heterocycles. The molecule has 0 saturated heterocycles. The van der Waals surface area contributed by atoms with Crippen LogP contribution in [0, 0.1) is 0 Å². The second-order valence-corrected chi connectivity index (χ2v) is 3.20. The standard InChI is InChI=1S/C8H8ClN5/c9-6-3-1-5(2-4-6)7-12-13-8(10)14(7)11/h1-4H,11H2,(H2,10,13). The highest BCUT2D eigenvalue weighted by Gasteiger charge is 2.08. The van der Waals surface area contributed by atoms with Crippen LogP contribution >= 0.6 is 11.6 Å². The summed E-state index contributed by atoms with van der Waals surface area (Å²) in [7, 11) is 0. The normalized spacial score (nSPS) is 10.4. The molecule has 0 radical (unpaired) electrons. The molecule has 14 heavy (non-hydrogen) atoms. The van der Waals surface area contributed by atoms with Gasteiger partial charge in [0.25, 0.3) is 0 Å². The lowest BCUT2D eigenvalue weighted by molar-refractivity contribution is 1.02. The van der Waals surface area contributed by atoms with Crippen LogP contribution in [0.25, 0.3) is 11.4 Å². The Kier molecular flexibility index (Phi) is 2.01. The molecule has 0 amide bonds. The van der Waals surface area contributed by atoms with Crippen molar-refractivity contribution in [3.05, 3.63) is 29.3 Å². The number of benzene rings is 1. The van der Waals surface area contributed by atoms with E-state index in [-0.39, 0.29) is 5.95 Å². The molecule has 5 nitrogen and oxygen atoms in total. The smallest absolute Gasteiger partial charge is 0.241 e. The summed E-state index contributed by atoms with van der Waals surface area (Å²) >= 11 is 5.75. The average Bonchev–Trinajstić information content (AvgIpc) is 2.50. The number of hydrogen-bond donors (Lipinski definition) is 2. The molecule has 0 saturated carbocycles. The van der Waals surface area contributed by atoms with E-state index >= 15 is 0 Å². The van der Waals surface area contributed by atoms with Crippen LogP contribution in [0.15, 0.2) is 24.3 Å². The first-order chi connectivity index (χ1) is 6.68. The van der Waals surface area contributed by atoms with Crippen LogP contribution in [0.1, 0.15) is 0 Å². The van der Waals surface area contributed by atoms with Crippen molar-refractivity contribution in [2.24, 2.45) is 0 Å². The molecule has 2 aromatic rings. The largest absolute Gasteiger partial charge is 0.366 e. The Morgan fingerprint density at radius 2 is 1.79 bits per heavy atom. The Morgan fingerprint density at radius 3 is 2.29 bits per heavy atom. The van der Waals surface area contributed by atoms with E-state index in [9.17, 15) is 0 Å². The molecule has 72 valence electrons. The van der Waals surface area contributed by atoms with Gasteiger partial charge in [-0.05, 0) is 24.3 Å². The van der Waals surface area contributed by atoms with Crippen molar-refractivity contribution in [2.45, 2.75) is 0 Å². The molecule has 0 spiro atoms. The molecule has 6 heteroatoms. The van der Waals surface area contributed by atoms with Crippen LogP contribution < -0.4 is 11.6 Å². The highest BCUT2D eigenvalue weighted by molar-refractivity contribution is 6.30. The van der Waals surface area contributed by atoms with Crippen LogP contribution in [0.2, 0.25) is 5.02 Å². The minimum Gasteiger partial charge on any atom is -0.366 e. The summed E-state index contributed by atoms with van der Waals surface area (Å²) in [6.45, 7) is 0. The van der Waals surface area contributed by atoms with Gasteiger partial charge in [0, 0.05) is 10.6 Å². The van der Waals surface area contributed by atoms with Crippen molar-refractivity contribution in [3.63, 3.8) is 0 Å².